The van der Waals surface area contributed by atoms with E-state index in [1.807, 2.05) is 0 Å². The van der Waals surface area contributed by atoms with Gasteiger partial charge in [0.2, 0.25) is 10.0 Å². The van der Waals surface area contributed by atoms with E-state index < -0.39 is 10.0 Å². The number of sulfonamides is 1. The molecule has 1 aromatic heterocycles. The van der Waals surface area contributed by atoms with Gasteiger partial charge < -0.3 is 0 Å². The van der Waals surface area contributed by atoms with E-state index in [2.05, 4.69) is 30.6 Å². The first-order valence-corrected chi connectivity index (χ1v) is 8.48. The van der Waals surface area contributed by atoms with Crippen LogP contribution in [0.25, 0.3) is 0 Å². The summed E-state index contributed by atoms with van der Waals surface area (Å²) in [6, 6.07) is 0. The molecule has 0 atom stereocenters. The summed E-state index contributed by atoms with van der Waals surface area (Å²) < 4.78 is 27.0. The van der Waals surface area contributed by atoms with Gasteiger partial charge in [-0.2, -0.15) is 0 Å². The largest absolute Gasteiger partial charge is 0.266 e. The molecule has 0 bridgehead atoms. The van der Waals surface area contributed by atoms with Gasteiger partial charge in [-0.05, 0) is 34.7 Å². The van der Waals surface area contributed by atoms with Gasteiger partial charge in [0, 0.05) is 0 Å². The molecule has 1 aromatic rings. The normalized spacial score (nSPS) is 17.6. The summed E-state index contributed by atoms with van der Waals surface area (Å²) in [5.74, 6) is 0.735. The van der Waals surface area contributed by atoms with Crippen LogP contribution in [0.1, 0.15) is 32.1 Å². The third kappa shape index (κ3) is 4.20. The SMILES string of the molecule is O=S(=O)(CC1CCCCC1)Nc1cnc(Br)cn1. The summed E-state index contributed by atoms with van der Waals surface area (Å²) in [4.78, 5) is 7.89. The van der Waals surface area contributed by atoms with E-state index in [0.717, 1.165) is 25.7 Å². The molecule has 0 radical (unpaired) electrons. The second-order valence-corrected chi connectivity index (χ2v) is 7.19. The molecule has 1 heterocycles. The number of anilines is 1. The van der Waals surface area contributed by atoms with Crippen LogP contribution in [0.2, 0.25) is 0 Å². The molecule has 5 nitrogen and oxygen atoms in total. The number of halogens is 1. The maximum Gasteiger partial charge on any atom is 0.234 e. The molecule has 0 amide bonds. The van der Waals surface area contributed by atoms with Gasteiger partial charge in [-0.15, -0.1) is 0 Å². The van der Waals surface area contributed by atoms with Crippen molar-refractivity contribution in [2.24, 2.45) is 5.92 Å². The van der Waals surface area contributed by atoms with Crippen LogP contribution in [0.5, 0.6) is 0 Å². The molecule has 0 saturated heterocycles. The molecule has 18 heavy (non-hydrogen) atoms. The van der Waals surface area contributed by atoms with E-state index in [9.17, 15) is 8.42 Å². The summed E-state index contributed by atoms with van der Waals surface area (Å²) in [7, 11) is -3.31. The number of hydrogen-bond donors (Lipinski definition) is 1. The first-order valence-electron chi connectivity index (χ1n) is 6.03. The lowest BCUT2D eigenvalue weighted by atomic mass is 9.91. The molecule has 0 unspecified atom stereocenters. The van der Waals surface area contributed by atoms with Gasteiger partial charge in [-0.3, -0.25) is 4.72 Å². The Morgan fingerprint density at radius 2 is 1.94 bits per heavy atom. The highest BCUT2D eigenvalue weighted by molar-refractivity contribution is 9.10. The molecule has 7 heteroatoms. The quantitative estimate of drug-likeness (QED) is 0.919. The Morgan fingerprint density at radius 3 is 2.56 bits per heavy atom. The van der Waals surface area contributed by atoms with Gasteiger partial charge in [0.05, 0.1) is 18.1 Å². The summed E-state index contributed by atoms with van der Waals surface area (Å²) in [6.07, 6.45) is 8.39. The molecule has 0 aromatic carbocycles. The summed E-state index contributed by atoms with van der Waals surface area (Å²) in [5, 5.41) is 0. The number of nitrogens with zero attached hydrogens (tertiary/aromatic N) is 2. The fourth-order valence-corrected chi connectivity index (χ4v) is 3.90. The fraction of sp³-hybridized carbons (Fsp3) is 0.636. The van der Waals surface area contributed by atoms with E-state index in [4.69, 9.17) is 0 Å². The van der Waals surface area contributed by atoms with Gasteiger partial charge in [0.25, 0.3) is 0 Å². The molecular weight excluding hydrogens is 318 g/mol. The van der Waals surface area contributed by atoms with Crippen molar-refractivity contribution in [1.82, 2.24) is 9.97 Å². The molecule has 1 saturated carbocycles. The van der Waals surface area contributed by atoms with Crippen molar-refractivity contribution in [3.05, 3.63) is 17.0 Å². The van der Waals surface area contributed by atoms with Crippen LogP contribution < -0.4 is 4.72 Å². The van der Waals surface area contributed by atoms with Crippen LogP contribution in [0.3, 0.4) is 0 Å². The van der Waals surface area contributed by atoms with Gasteiger partial charge in [0.15, 0.2) is 5.82 Å². The Kier molecular flexibility index (Phi) is 4.55. The third-order valence-corrected chi connectivity index (χ3v) is 4.90. The van der Waals surface area contributed by atoms with E-state index >= 15 is 0 Å². The lowest BCUT2D eigenvalue weighted by molar-refractivity contribution is 0.385. The van der Waals surface area contributed by atoms with Crippen LogP contribution in [-0.2, 0) is 10.0 Å². The zero-order chi connectivity index (χ0) is 13.0. The minimum absolute atomic E-state index is 0.185. The highest BCUT2D eigenvalue weighted by Gasteiger charge is 2.21. The van der Waals surface area contributed by atoms with Gasteiger partial charge >= 0.3 is 0 Å². The van der Waals surface area contributed by atoms with Crippen molar-refractivity contribution < 1.29 is 8.42 Å². The number of rotatable bonds is 4. The number of hydrogen-bond acceptors (Lipinski definition) is 4. The van der Waals surface area contributed by atoms with Crippen LogP contribution >= 0.6 is 15.9 Å². The van der Waals surface area contributed by atoms with Crippen molar-refractivity contribution in [3.8, 4) is 0 Å². The minimum atomic E-state index is -3.31. The average Bonchev–Trinajstić information content (AvgIpc) is 2.32. The van der Waals surface area contributed by atoms with E-state index in [1.54, 1.807) is 0 Å². The Hall–Kier alpha value is -0.690. The molecule has 0 spiro atoms. The highest BCUT2D eigenvalue weighted by Crippen LogP contribution is 2.25. The molecule has 100 valence electrons. The summed E-state index contributed by atoms with van der Waals surface area (Å²) in [5.41, 5.74) is 0. The first-order chi connectivity index (χ1) is 8.55. The van der Waals surface area contributed by atoms with Crippen LogP contribution in [-0.4, -0.2) is 24.1 Å². The lowest BCUT2D eigenvalue weighted by Gasteiger charge is -2.21. The predicted molar refractivity (Wildman–Crippen MR) is 73.7 cm³/mol. The average molecular weight is 334 g/mol. The number of nitrogens with one attached hydrogen (secondary N) is 1. The van der Waals surface area contributed by atoms with Gasteiger partial charge in [-0.25, -0.2) is 18.4 Å². The van der Waals surface area contributed by atoms with Gasteiger partial charge in [0.1, 0.15) is 4.60 Å². The standard InChI is InChI=1S/C11H16BrN3O2S/c12-10-6-14-11(7-13-10)15-18(16,17)8-9-4-2-1-3-5-9/h6-7,9H,1-5,8H2,(H,14,15). The highest BCUT2D eigenvalue weighted by atomic mass is 79.9. The number of aromatic nitrogens is 2. The van der Waals surface area contributed by atoms with Crippen molar-refractivity contribution in [3.63, 3.8) is 0 Å². The van der Waals surface area contributed by atoms with E-state index in [-0.39, 0.29) is 17.5 Å². The molecule has 1 aliphatic carbocycles. The Labute approximate surface area is 116 Å². The van der Waals surface area contributed by atoms with E-state index in [0.29, 0.717) is 4.60 Å². The second kappa shape index (κ2) is 5.97. The van der Waals surface area contributed by atoms with Crippen molar-refractivity contribution in [1.29, 1.82) is 0 Å². The second-order valence-electron chi connectivity index (χ2n) is 4.61. The zero-order valence-electron chi connectivity index (χ0n) is 9.97. The van der Waals surface area contributed by atoms with Crippen molar-refractivity contribution >= 4 is 31.8 Å². The van der Waals surface area contributed by atoms with Crippen molar-refractivity contribution in [2.75, 3.05) is 10.5 Å². The third-order valence-electron chi connectivity index (χ3n) is 3.06. The Balaban J connectivity index is 1.96. The minimum Gasteiger partial charge on any atom is -0.266 e. The Morgan fingerprint density at radius 1 is 1.22 bits per heavy atom. The molecular formula is C11H16BrN3O2S. The van der Waals surface area contributed by atoms with Gasteiger partial charge in [-0.1, -0.05) is 19.3 Å². The topological polar surface area (TPSA) is 72.0 Å². The predicted octanol–water partition coefficient (Wildman–Crippen LogP) is 2.56. The van der Waals surface area contributed by atoms with Crippen molar-refractivity contribution in [2.45, 2.75) is 32.1 Å². The zero-order valence-corrected chi connectivity index (χ0v) is 12.4. The maximum atomic E-state index is 12.0. The molecule has 2 rings (SSSR count). The Bertz CT molecular complexity index is 484. The first kappa shape index (κ1) is 13.7. The lowest BCUT2D eigenvalue weighted by Crippen LogP contribution is -2.24. The molecule has 1 fully saturated rings. The summed E-state index contributed by atoms with van der Waals surface area (Å²) >= 11 is 3.15. The maximum absolute atomic E-state index is 12.0. The molecule has 0 aliphatic heterocycles. The molecule has 1 aliphatic rings. The smallest absolute Gasteiger partial charge is 0.234 e. The fourth-order valence-electron chi connectivity index (χ4n) is 2.23. The summed E-state index contributed by atoms with van der Waals surface area (Å²) in [6.45, 7) is 0. The molecule has 1 N–H and O–H groups in total. The van der Waals surface area contributed by atoms with Crippen LogP contribution in [0.4, 0.5) is 5.82 Å². The van der Waals surface area contributed by atoms with Crippen LogP contribution in [0, 0.1) is 5.92 Å². The monoisotopic (exact) mass is 333 g/mol. The van der Waals surface area contributed by atoms with Crippen LogP contribution in [0.15, 0.2) is 17.0 Å². The van der Waals surface area contributed by atoms with E-state index in [1.165, 1.54) is 18.8 Å².